The van der Waals surface area contributed by atoms with Gasteiger partial charge in [-0.15, -0.1) is 0 Å². The molecule has 2 aromatic carbocycles. The first kappa shape index (κ1) is 16.7. The van der Waals surface area contributed by atoms with E-state index in [1.54, 1.807) is 4.90 Å². The molecule has 1 heterocycles. The lowest BCUT2D eigenvalue weighted by molar-refractivity contribution is -0.918. The van der Waals surface area contributed by atoms with Crippen molar-refractivity contribution in [2.45, 2.75) is 26.3 Å². The van der Waals surface area contributed by atoms with Crippen LogP contribution in [0.5, 0.6) is 0 Å². The summed E-state index contributed by atoms with van der Waals surface area (Å²) >= 11 is 0. The molecule has 3 nitrogen and oxygen atoms in total. The highest BCUT2D eigenvalue weighted by molar-refractivity contribution is 5.79. The van der Waals surface area contributed by atoms with Gasteiger partial charge in [0.25, 0.3) is 0 Å². The molecule has 0 aliphatic carbocycles. The lowest BCUT2D eigenvalue weighted by atomic mass is 10.0. The van der Waals surface area contributed by atoms with E-state index in [9.17, 15) is 0 Å². The third kappa shape index (κ3) is 4.68. The van der Waals surface area contributed by atoms with Gasteiger partial charge in [0.2, 0.25) is 0 Å². The molecule has 126 valence electrons. The van der Waals surface area contributed by atoms with E-state index in [0.717, 1.165) is 32.7 Å². The molecule has 0 unspecified atom stereocenters. The topological polar surface area (TPSA) is 20.0 Å². The van der Waals surface area contributed by atoms with E-state index in [0.29, 0.717) is 5.92 Å². The first-order chi connectivity index (χ1) is 11.7. The maximum absolute atomic E-state index is 4.66. The summed E-state index contributed by atoms with van der Waals surface area (Å²) in [5, 5.41) is 6.86. The first-order valence-corrected chi connectivity index (χ1v) is 8.97. The van der Waals surface area contributed by atoms with Gasteiger partial charge in [0.15, 0.2) is 0 Å². The van der Waals surface area contributed by atoms with E-state index in [1.807, 2.05) is 6.21 Å². The van der Waals surface area contributed by atoms with Gasteiger partial charge in [0.05, 0.1) is 32.4 Å². The van der Waals surface area contributed by atoms with Gasteiger partial charge in [-0.3, -0.25) is 5.01 Å². The lowest BCUT2D eigenvalue weighted by Gasteiger charge is -2.30. The summed E-state index contributed by atoms with van der Waals surface area (Å²) in [6.07, 6.45) is 1.99. The van der Waals surface area contributed by atoms with Gasteiger partial charge in [-0.2, -0.15) is 5.10 Å². The molecule has 0 bridgehead atoms. The number of piperazine rings is 1. The first-order valence-electron chi connectivity index (χ1n) is 8.97. The maximum atomic E-state index is 4.66. The molecule has 0 aromatic heterocycles. The van der Waals surface area contributed by atoms with Gasteiger partial charge >= 0.3 is 0 Å². The second-order valence-electron chi connectivity index (χ2n) is 6.93. The maximum Gasteiger partial charge on any atom is 0.103 e. The minimum atomic E-state index is 0.580. The predicted octanol–water partition coefficient (Wildman–Crippen LogP) is 2.54. The Morgan fingerprint density at radius 3 is 2.29 bits per heavy atom. The Morgan fingerprint density at radius 1 is 1.00 bits per heavy atom. The quantitative estimate of drug-likeness (QED) is 0.839. The third-order valence-corrected chi connectivity index (χ3v) is 4.72. The van der Waals surface area contributed by atoms with Crippen molar-refractivity contribution in [3.63, 3.8) is 0 Å². The second kappa shape index (κ2) is 8.11. The number of nitrogens with one attached hydrogen (secondary N) is 1. The molecular weight excluding hydrogens is 294 g/mol. The molecule has 24 heavy (non-hydrogen) atoms. The smallest absolute Gasteiger partial charge is 0.103 e. The fourth-order valence-electron chi connectivity index (χ4n) is 3.10. The van der Waals surface area contributed by atoms with Gasteiger partial charge in [0.1, 0.15) is 6.54 Å². The van der Waals surface area contributed by atoms with E-state index in [2.05, 4.69) is 78.6 Å². The van der Waals surface area contributed by atoms with Crippen molar-refractivity contribution < 1.29 is 4.90 Å². The monoisotopic (exact) mass is 322 g/mol. The number of rotatable bonds is 5. The molecule has 2 aromatic rings. The van der Waals surface area contributed by atoms with Crippen LogP contribution >= 0.6 is 0 Å². The van der Waals surface area contributed by atoms with Crippen LogP contribution in [0.2, 0.25) is 0 Å². The second-order valence-corrected chi connectivity index (χ2v) is 6.93. The fourth-order valence-corrected chi connectivity index (χ4v) is 3.10. The summed E-state index contributed by atoms with van der Waals surface area (Å²) in [5.74, 6) is 0.580. The zero-order chi connectivity index (χ0) is 16.8. The van der Waals surface area contributed by atoms with Crippen molar-refractivity contribution in [3.05, 3.63) is 71.3 Å². The van der Waals surface area contributed by atoms with Crippen molar-refractivity contribution in [2.24, 2.45) is 5.10 Å². The molecule has 1 saturated heterocycles. The average Bonchev–Trinajstić information content (AvgIpc) is 2.62. The highest BCUT2D eigenvalue weighted by Gasteiger charge is 2.18. The zero-order valence-electron chi connectivity index (χ0n) is 14.8. The van der Waals surface area contributed by atoms with E-state index >= 15 is 0 Å². The molecule has 0 atom stereocenters. The molecule has 1 aliphatic heterocycles. The van der Waals surface area contributed by atoms with Crippen LogP contribution in [0.1, 0.15) is 36.5 Å². The Morgan fingerprint density at radius 2 is 1.67 bits per heavy atom. The number of hydrazone groups is 1. The third-order valence-electron chi connectivity index (χ3n) is 4.72. The number of quaternary nitrogens is 1. The Hall–Kier alpha value is -2.13. The van der Waals surface area contributed by atoms with Crippen LogP contribution in [0.15, 0.2) is 59.7 Å². The standard InChI is InChI=1S/C21H27N3/c1-18(2)21-10-8-19(9-11-21)16-22-24-14-12-23(13-15-24)17-20-6-4-3-5-7-20/h3-11,16,18H,12-15,17H2,1-2H3/p+1/b22-16-. The van der Waals surface area contributed by atoms with Crippen LogP contribution < -0.4 is 4.90 Å². The Bertz CT molecular complexity index is 639. The molecule has 0 amide bonds. The van der Waals surface area contributed by atoms with Crippen molar-refractivity contribution in [2.75, 3.05) is 26.2 Å². The van der Waals surface area contributed by atoms with Gasteiger partial charge < -0.3 is 4.90 Å². The van der Waals surface area contributed by atoms with Crippen LogP contribution in [0.25, 0.3) is 0 Å². The van der Waals surface area contributed by atoms with Crippen LogP contribution in [0.3, 0.4) is 0 Å². The molecule has 0 radical (unpaired) electrons. The van der Waals surface area contributed by atoms with Crippen LogP contribution in [0.4, 0.5) is 0 Å². The molecule has 0 saturated carbocycles. The molecule has 1 aliphatic rings. The van der Waals surface area contributed by atoms with Crippen molar-refractivity contribution in [1.29, 1.82) is 0 Å². The largest absolute Gasteiger partial charge is 0.328 e. The molecular formula is C21H28N3+. The average molecular weight is 322 g/mol. The fraction of sp³-hybridized carbons (Fsp3) is 0.381. The van der Waals surface area contributed by atoms with Crippen LogP contribution in [-0.4, -0.2) is 37.4 Å². The summed E-state index contributed by atoms with van der Waals surface area (Å²) < 4.78 is 0. The van der Waals surface area contributed by atoms with Gasteiger partial charge in [-0.1, -0.05) is 68.4 Å². The molecule has 3 rings (SSSR count). The van der Waals surface area contributed by atoms with E-state index in [4.69, 9.17) is 0 Å². The predicted molar refractivity (Wildman–Crippen MR) is 101 cm³/mol. The normalized spacial score (nSPS) is 16.2. The highest BCUT2D eigenvalue weighted by Crippen LogP contribution is 2.13. The van der Waals surface area contributed by atoms with E-state index in [-0.39, 0.29) is 0 Å². The van der Waals surface area contributed by atoms with Crippen molar-refractivity contribution in [1.82, 2.24) is 5.01 Å². The van der Waals surface area contributed by atoms with E-state index in [1.165, 1.54) is 16.7 Å². The van der Waals surface area contributed by atoms with Crippen molar-refractivity contribution >= 4 is 6.21 Å². The van der Waals surface area contributed by atoms with E-state index < -0.39 is 0 Å². The Kier molecular flexibility index (Phi) is 5.65. The van der Waals surface area contributed by atoms with Gasteiger partial charge in [-0.25, -0.2) is 0 Å². The van der Waals surface area contributed by atoms with Crippen LogP contribution in [-0.2, 0) is 6.54 Å². The minimum absolute atomic E-state index is 0.580. The summed E-state index contributed by atoms with van der Waals surface area (Å²) in [7, 11) is 0. The lowest BCUT2D eigenvalue weighted by Crippen LogP contribution is -3.13. The van der Waals surface area contributed by atoms with Crippen molar-refractivity contribution in [3.8, 4) is 0 Å². The number of hydrogen-bond acceptors (Lipinski definition) is 2. The zero-order valence-corrected chi connectivity index (χ0v) is 14.8. The summed E-state index contributed by atoms with van der Waals surface area (Å²) in [6.45, 7) is 9.93. The summed E-state index contributed by atoms with van der Waals surface area (Å²) in [5.41, 5.74) is 3.98. The molecule has 1 N–H and O–H groups in total. The summed E-state index contributed by atoms with van der Waals surface area (Å²) in [4.78, 5) is 1.65. The molecule has 1 fully saturated rings. The van der Waals surface area contributed by atoms with Gasteiger partial charge in [0, 0.05) is 5.56 Å². The highest BCUT2D eigenvalue weighted by atomic mass is 15.5. The van der Waals surface area contributed by atoms with Gasteiger partial charge in [-0.05, 0) is 17.0 Å². The van der Waals surface area contributed by atoms with Crippen LogP contribution in [0, 0.1) is 0 Å². The Balaban J connectivity index is 1.48. The summed E-state index contributed by atoms with van der Waals surface area (Å²) in [6, 6.07) is 19.5. The number of benzene rings is 2. The minimum Gasteiger partial charge on any atom is -0.328 e. The molecule has 0 spiro atoms. The molecule has 3 heteroatoms. The number of hydrogen-bond donors (Lipinski definition) is 1. The Labute approximate surface area is 145 Å². The SMILES string of the molecule is CC(C)c1ccc(/C=N\N2CC[NH+](Cc3ccccc3)CC2)cc1. The number of nitrogens with zero attached hydrogens (tertiary/aromatic N) is 2.